The quantitative estimate of drug-likeness (QED) is 0.326. The maximum Gasteiger partial charge on any atom is 0.0989 e. The van der Waals surface area contributed by atoms with Gasteiger partial charge in [0.25, 0.3) is 0 Å². The molecule has 72 valence electrons. The van der Waals surface area contributed by atoms with E-state index in [1.54, 1.807) is 0 Å². The first-order valence-electron chi connectivity index (χ1n) is 4.04. The molecule has 0 aromatic carbocycles. The zero-order chi connectivity index (χ0) is 9.14. The van der Waals surface area contributed by atoms with E-state index < -0.39 is 18.2 Å². The van der Waals surface area contributed by atoms with E-state index in [-0.39, 0.29) is 19.3 Å². The van der Waals surface area contributed by atoms with E-state index in [4.69, 9.17) is 10.2 Å². The number of hydrogen-bond acceptors (Lipinski definition) is 5. The van der Waals surface area contributed by atoms with Crippen LogP contribution in [0.1, 0.15) is 6.42 Å². The minimum absolute atomic E-state index is 0.0421. The molecule has 0 radical (unpaired) electrons. The fraction of sp³-hybridized carbons (Fsp3) is 1.00. The number of aliphatic hydroxyl groups is 4. The van der Waals surface area contributed by atoms with Gasteiger partial charge in [-0.2, -0.15) is 0 Å². The Bertz CT molecular complexity index is 143. The number of hydrogen-bond donors (Lipinski definition) is 5. The van der Waals surface area contributed by atoms with E-state index in [0.717, 1.165) is 0 Å². The first kappa shape index (κ1) is 9.88. The molecule has 5 nitrogen and oxygen atoms in total. The van der Waals surface area contributed by atoms with Crippen LogP contribution in [0.4, 0.5) is 0 Å². The van der Waals surface area contributed by atoms with Crippen LogP contribution >= 0.6 is 0 Å². The Morgan fingerprint density at radius 1 is 1.00 bits per heavy atom. The Morgan fingerprint density at radius 3 is 2.00 bits per heavy atom. The van der Waals surface area contributed by atoms with Crippen LogP contribution in [0.25, 0.3) is 0 Å². The Kier molecular flexibility index (Phi) is 3.42. The van der Waals surface area contributed by atoms with Crippen molar-refractivity contribution in [2.45, 2.75) is 30.7 Å². The summed E-state index contributed by atoms with van der Waals surface area (Å²) < 4.78 is 0. The van der Waals surface area contributed by atoms with Crippen LogP contribution in [-0.4, -0.2) is 57.9 Å². The van der Waals surface area contributed by atoms with Crippen LogP contribution < -0.4 is 5.32 Å². The highest BCUT2D eigenvalue weighted by atomic mass is 16.3. The molecule has 0 aromatic heterocycles. The number of nitrogens with one attached hydrogen (secondary N) is 1. The van der Waals surface area contributed by atoms with Crippen LogP contribution in [0.3, 0.4) is 0 Å². The van der Waals surface area contributed by atoms with E-state index in [1.165, 1.54) is 0 Å². The topological polar surface area (TPSA) is 93.0 Å². The molecular formula is C7H15NO4. The molecule has 1 aliphatic heterocycles. The minimum atomic E-state index is -0.938. The lowest BCUT2D eigenvalue weighted by molar-refractivity contribution is 0.0172. The van der Waals surface area contributed by atoms with Gasteiger partial charge in [-0.05, 0) is 6.42 Å². The van der Waals surface area contributed by atoms with E-state index in [2.05, 4.69) is 5.32 Å². The summed E-state index contributed by atoms with van der Waals surface area (Å²) in [6.45, 7) is -0.250. The van der Waals surface area contributed by atoms with Crippen molar-refractivity contribution in [3.8, 4) is 0 Å². The molecule has 1 rings (SSSR count). The summed E-state index contributed by atoms with van der Waals surface area (Å²) in [4.78, 5) is 0. The second-order valence-corrected chi connectivity index (χ2v) is 3.06. The average Bonchev–Trinajstić information content (AvgIpc) is 2.33. The van der Waals surface area contributed by atoms with Crippen LogP contribution in [-0.2, 0) is 0 Å². The van der Waals surface area contributed by atoms with Gasteiger partial charge in [-0.15, -0.1) is 0 Å². The predicted molar refractivity (Wildman–Crippen MR) is 41.5 cm³/mol. The van der Waals surface area contributed by atoms with Gasteiger partial charge >= 0.3 is 0 Å². The Morgan fingerprint density at radius 2 is 1.58 bits per heavy atom. The Hall–Kier alpha value is -0.200. The second-order valence-electron chi connectivity index (χ2n) is 3.06. The van der Waals surface area contributed by atoms with Gasteiger partial charge < -0.3 is 25.7 Å². The number of aliphatic hydroxyl groups excluding tert-OH is 4. The molecule has 0 amide bonds. The minimum Gasteiger partial charge on any atom is -0.396 e. The van der Waals surface area contributed by atoms with E-state index in [1.807, 2.05) is 0 Å². The summed E-state index contributed by atoms with van der Waals surface area (Å²) in [6.07, 6.45) is -1.45. The fourth-order valence-corrected chi connectivity index (χ4v) is 1.50. The highest BCUT2D eigenvalue weighted by Crippen LogP contribution is 2.16. The summed E-state index contributed by atoms with van der Waals surface area (Å²) >= 11 is 0. The van der Waals surface area contributed by atoms with Gasteiger partial charge in [0.15, 0.2) is 0 Å². The summed E-state index contributed by atoms with van der Waals surface area (Å²) in [5, 5.41) is 38.8. The van der Waals surface area contributed by atoms with E-state index >= 15 is 0 Å². The zero-order valence-electron chi connectivity index (χ0n) is 6.72. The van der Waals surface area contributed by atoms with Crippen molar-refractivity contribution >= 4 is 0 Å². The summed E-state index contributed by atoms with van der Waals surface area (Å²) in [5.74, 6) is 0. The maximum atomic E-state index is 9.36. The lowest BCUT2D eigenvalue weighted by atomic mass is 10.1. The summed E-state index contributed by atoms with van der Waals surface area (Å²) in [7, 11) is 0. The van der Waals surface area contributed by atoms with E-state index in [0.29, 0.717) is 6.42 Å². The third kappa shape index (κ3) is 1.75. The SMILES string of the molecule is OCC[C@@H]1N[C@H](CO)[C@@H](O)[C@@H]1O. The molecule has 5 heteroatoms. The number of rotatable bonds is 3. The molecule has 12 heavy (non-hydrogen) atoms. The molecule has 0 spiro atoms. The first-order valence-corrected chi connectivity index (χ1v) is 4.04. The molecule has 1 saturated heterocycles. The van der Waals surface area contributed by atoms with Crippen molar-refractivity contribution in [1.29, 1.82) is 0 Å². The predicted octanol–water partition coefficient (Wildman–Crippen LogP) is -2.58. The van der Waals surface area contributed by atoms with Crippen molar-refractivity contribution in [2.24, 2.45) is 0 Å². The second kappa shape index (κ2) is 4.15. The molecule has 1 heterocycles. The standard InChI is InChI=1S/C7H15NO4/c9-2-1-4-6(11)7(12)5(3-10)8-4/h4-12H,1-3H2/t4-,5+,6+,7+/m0/s1. The van der Waals surface area contributed by atoms with Crippen LogP contribution in [0.5, 0.6) is 0 Å². The molecule has 1 aliphatic rings. The molecule has 5 N–H and O–H groups in total. The first-order chi connectivity index (χ1) is 5.70. The van der Waals surface area contributed by atoms with Gasteiger partial charge in [-0.3, -0.25) is 0 Å². The third-order valence-corrected chi connectivity index (χ3v) is 2.24. The van der Waals surface area contributed by atoms with E-state index in [9.17, 15) is 10.2 Å². The van der Waals surface area contributed by atoms with Crippen molar-refractivity contribution in [3.05, 3.63) is 0 Å². The van der Waals surface area contributed by atoms with Crippen LogP contribution in [0.2, 0.25) is 0 Å². The van der Waals surface area contributed by atoms with Gasteiger partial charge in [0.05, 0.1) is 24.9 Å². The normalized spacial score (nSPS) is 42.0. The van der Waals surface area contributed by atoms with Crippen molar-refractivity contribution < 1.29 is 20.4 Å². The highest BCUT2D eigenvalue weighted by molar-refractivity contribution is 4.97. The van der Waals surface area contributed by atoms with Crippen LogP contribution in [0.15, 0.2) is 0 Å². The van der Waals surface area contributed by atoms with Gasteiger partial charge in [0.1, 0.15) is 0 Å². The Labute approximate surface area is 70.6 Å². The lowest BCUT2D eigenvalue weighted by Crippen LogP contribution is -2.36. The van der Waals surface area contributed by atoms with Gasteiger partial charge in [0, 0.05) is 12.6 Å². The van der Waals surface area contributed by atoms with Crippen molar-refractivity contribution in [2.75, 3.05) is 13.2 Å². The zero-order valence-corrected chi connectivity index (χ0v) is 6.72. The smallest absolute Gasteiger partial charge is 0.0989 e. The largest absolute Gasteiger partial charge is 0.396 e. The molecule has 0 saturated carbocycles. The van der Waals surface area contributed by atoms with Crippen molar-refractivity contribution in [3.63, 3.8) is 0 Å². The summed E-state index contributed by atoms with van der Waals surface area (Å²) in [6, 6.07) is -0.793. The Balaban J connectivity index is 2.48. The fourth-order valence-electron chi connectivity index (χ4n) is 1.50. The summed E-state index contributed by atoms with van der Waals surface area (Å²) in [5.41, 5.74) is 0. The molecule has 0 unspecified atom stereocenters. The monoisotopic (exact) mass is 177 g/mol. The lowest BCUT2D eigenvalue weighted by Gasteiger charge is -2.13. The third-order valence-electron chi connectivity index (χ3n) is 2.24. The van der Waals surface area contributed by atoms with Crippen LogP contribution in [0, 0.1) is 0 Å². The molecule has 1 fully saturated rings. The van der Waals surface area contributed by atoms with Gasteiger partial charge in [0.2, 0.25) is 0 Å². The van der Waals surface area contributed by atoms with Gasteiger partial charge in [-0.1, -0.05) is 0 Å². The molecule has 0 aromatic rings. The molecule has 0 aliphatic carbocycles. The van der Waals surface area contributed by atoms with Crippen molar-refractivity contribution in [1.82, 2.24) is 5.32 Å². The maximum absolute atomic E-state index is 9.36. The highest BCUT2D eigenvalue weighted by Gasteiger charge is 2.39. The van der Waals surface area contributed by atoms with Gasteiger partial charge in [-0.25, -0.2) is 0 Å². The molecule has 0 bridgehead atoms. The molecular weight excluding hydrogens is 162 g/mol. The average molecular weight is 177 g/mol. The molecule has 4 atom stereocenters.